The predicted octanol–water partition coefficient (Wildman–Crippen LogP) is 3.42. The van der Waals surface area contributed by atoms with Gasteiger partial charge in [-0.05, 0) is 49.9 Å². The SMILES string of the molecule is Cc1nc2ccccc2n1CC1CCN(C(=O)C2COc3ccccc3O2)CC1. The smallest absolute Gasteiger partial charge is 0.267 e. The van der Waals surface area contributed by atoms with Gasteiger partial charge < -0.3 is 18.9 Å². The molecule has 2 aliphatic heterocycles. The van der Waals surface area contributed by atoms with Crippen molar-refractivity contribution in [2.75, 3.05) is 19.7 Å². The lowest BCUT2D eigenvalue weighted by Gasteiger charge is -2.35. The van der Waals surface area contributed by atoms with Gasteiger partial charge >= 0.3 is 0 Å². The first-order chi connectivity index (χ1) is 14.2. The number of amides is 1. The summed E-state index contributed by atoms with van der Waals surface area (Å²) in [4.78, 5) is 19.5. The van der Waals surface area contributed by atoms with Gasteiger partial charge in [-0.25, -0.2) is 4.98 Å². The highest BCUT2D eigenvalue weighted by Crippen LogP contribution is 2.32. The maximum absolute atomic E-state index is 12.9. The molecule has 3 heterocycles. The molecular weight excluding hydrogens is 366 g/mol. The van der Waals surface area contributed by atoms with E-state index in [0.29, 0.717) is 17.4 Å². The molecule has 1 fully saturated rings. The van der Waals surface area contributed by atoms with Gasteiger partial charge in [0.1, 0.15) is 12.4 Å². The highest BCUT2D eigenvalue weighted by Gasteiger charge is 2.33. The van der Waals surface area contributed by atoms with Crippen molar-refractivity contribution in [1.82, 2.24) is 14.5 Å². The van der Waals surface area contributed by atoms with Crippen molar-refractivity contribution in [1.29, 1.82) is 0 Å². The number of imidazole rings is 1. The summed E-state index contributed by atoms with van der Waals surface area (Å²) in [5, 5.41) is 0. The highest BCUT2D eigenvalue weighted by molar-refractivity contribution is 5.82. The summed E-state index contributed by atoms with van der Waals surface area (Å²) >= 11 is 0. The van der Waals surface area contributed by atoms with Crippen LogP contribution in [0, 0.1) is 12.8 Å². The van der Waals surface area contributed by atoms with Crippen LogP contribution in [0.3, 0.4) is 0 Å². The summed E-state index contributed by atoms with van der Waals surface area (Å²) in [6.45, 7) is 4.81. The number of piperidine rings is 1. The second-order valence-corrected chi connectivity index (χ2v) is 7.89. The van der Waals surface area contributed by atoms with Crippen LogP contribution in [0.15, 0.2) is 48.5 Å². The number of aromatic nitrogens is 2. The van der Waals surface area contributed by atoms with Crippen LogP contribution in [0.1, 0.15) is 18.7 Å². The van der Waals surface area contributed by atoms with Crippen LogP contribution in [0.2, 0.25) is 0 Å². The fraction of sp³-hybridized carbons (Fsp3) is 0.391. The van der Waals surface area contributed by atoms with Crippen LogP contribution in [0.4, 0.5) is 0 Å². The second kappa shape index (κ2) is 7.43. The number of carbonyl (C=O) groups is 1. The third kappa shape index (κ3) is 3.43. The number of para-hydroxylation sites is 4. The maximum atomic E-state index is 12.9. The molecule has 5 rings (SSSR count). The number of fused-ring (bicyclic) bond motifs is 2. The summed E-state index contributed by atoms with van der Waals surface area (Å²) in [6, 6.07) is 15.8. The van der Waals surface area contributed by atoms with Crippen LogP contribution >= 0.6 is 0 Å². The van der Waals surface area contributed by atoms with Gasteiger partial charge in [-0.1, -0.05) is 24.3 Å². The largest absolute Gasteiger partial charge is 0.485 e. The van der Waals surface area contributed by atoms with Crippen LogP contribution in [0.5, 0.6) is 11.5 Å². The second-order valence-electron chi connectivity index (χ2n) is 7.89. The van der Waals surface area contributed by atoms with E-state index in [1.54, 1.807) is 0 Å². The Kier molecular flexibility index (Phi) is 4.62. The topological polar surface area (TPSA) is 56.6 Å². The zero-order chi connectivity index (χ0) is 19.8. The summed E-state index contributed by atoms with van der Waals surface area (Å²) in [5.41, 5.74) is 2.24. The number of ether oxygens (including phenoxy) is 2. The van der Waals surface area contributed by atoms with E-state index in [1.165, 1.54) is 5.52 Å². The molecule has 1 unspecified atom stereocenters. The number of hydrogen-bond acceptors (Lipinski definition) is 4. The highest BCUT2D eigenvalue weighted by atomic mass is 16.6. The van der Waals surface area contributed by atoms with Crippen molar-refractivity contribution in [2.24, 2.45) is 5.92 Å². The van der Waals surface area contributed by atoms with Crippen molar-refractivity contribution >= 4 is 16.9 Å². The van der Waals surface area contributed by atoms with E-state index in [4.69, 9.17) is 9.47 Å². The Morgan fingerprint density at radius 3 is 2.62 bits per heavy atom. The number of carbonyl (C=O) groups excluding carboxylic acids is 1. The van der Waals surface area contributed by atoms with Crippen LogP contribution < -0.4 is 9.47 Å². The lowest BCUT2D eigenvalue weighted by Crippen LogP contribution is -2.49. The molecule has 2 aliphatic rings. The van der Waals surface area contributed by atoms with Crippen molar-refractivity contribution < 1.29 is 14.3 Å². The Bertz CT molecular complexity index is 1040. The molecule has 1 aromatic heterocycles. The molecule has 0 aliphatic carbocycles. The fourth-order valence-corrected chi connectivity index (χ4v) is 4.37. The zero-order valence-corrected chi connectivity index (χ0v) is 16.6. The summed E-state index contributed by atoms with van der Waals surface area (Å²) in [7, 11) is 0. The minimum atomic E-state index is -0.554. The minimum absolute atomic E-state index is 0.0298. The van der Waals surface area contributed by atoms with Crippen LogP contribution in [-0.2, 0) is 11.3 Å². The molecule has 0 radical (unpaired) electrons. The Hall–Kier alpha value is -3.02. The third-order valence-corrected chi connectivity index (χ3v) is 6.00. The molecule has 0 spiro atoms. The number of aryl methyl sites for hydroxylation is 1. The van der Waals surface area contributed by atoms with E-state index in [-0.39, 0.29) is 12.5 Å². The number of nitrogens with zero attached hydrogens (tertiary/aromatic N) is 3. The Balaban J connectivity index is 1.21. The Morgan fingerprint density at radius 1 is 1.07 bits per heavy atom. The average Bonchev–Trinajstić information content (AvgIpc) is 3.08. The van der Waals surface area contributed by atoms with Crippen molar-refractivity contribution in [2.45, 2.75) is 32.4 Å². The molecule has 0 N–H and O–H groups in total. The normalized spacial score (nSPS) is 19.5. The van der Waals surface area contributed by atoms with Crippen molar-refractivity contribution in [3.63, 3.8) is 0 Å². The summed E-state index contributed by atoms with van der Waals surface area (Å²) in [5.74, 6) is 2.98. The first-order valence-electron chi connectivity index (χ1n) is 10.3. The molecule has 6 heteroatoms. The molecule has 2 aromatic carbocycles. The predicted molar refractivity (Wildman–Crippen MR) is 110 cm³/mol. The molecule has 0 bridgehead atoms. The van der Waals surface area contributed by atoms with Gasteiger partial charge in [-0.3, -0.25) is 4.79 Å². The lowest BCUT2D eigenvalue weighted by atomic mass is 9.96. The molecule has 150 valence electrons. The van der Waals surface area contributed by atoms with Crippen LogP contribution in [0.25, 0.3) is 11.0 Å². The first-order valence-corrected chi connectivity index (χ1v) is 10.3. The van der Waals surface area contributed by atoms with Gasteiger partial charge in [0.05, 0.1) is 11.0 Å². The fourth-order valence-electron chi connectivity index (χ4n) is 4.37. The third-order valence-electron chi connectivity index (χ3n) is 6.00. The number of benzene rings is 2. The van der Waals surface area contributed by atoms with E-state index < -0.39 is 6.10 Å². The van der Waals surface area contributed by atoms with E-state index >= 15 is 0 Å². The van der Waals surface area contributed by atoms with E-state index in [1.807, 2.05) is 35.2 Å². The van der Waals surface area contributed by atoms with Gasteiger partial charge in [0, 0.05) is 19.6 Å². The molecule has 1 saturated heterocycles. The van der Waals surface area contributed by atoms with E-state index in [0.717, 1.165) is 43.8 Å². The molecule has 0 saturated carbocycles. The molecular formula is C23H25N3O3. The van der Waals surface area contributed by atoms with E-state index in [2.05, 4.69) is 34.7 Å². The lowest BCUT2D eigenvalue weighted by molar-refractivity contribution is -0.142. The van der Waals surface area contributed by atoms with Gasteiger partial charge in [0.15, 0.2) is 11.5 Å². The number of likely N-dealkylation sites (tertiary alicyclic amines) is 1. The number of hydrogen-bond donors (Lipinski definition) is 0. The average molecular weight is 391 g/mol. The molecule has 29 heavy (non-hydrogen) atoms. The number of rotatable bonds is 3. The first kappa shape index (κ1) is 18.0. The molecule has 1 amide bonds. The van der Waals surface area contributed by atoms with E-state index in [9.17, 15) is 4.79 Å². The Labute approximate surface area is 170 Å². The van der Waals surface area contributed by atoms with Gasteiger partial charge in [-0.15, -0.1) is 0 Å². The molecule has 3 aromatic rings. The monoisotopic (exact) mass is 391 g/mol. The zero-order valence-electron chi connectivity index (χ0n) is 16.6. The van der Waals surface area contributed by atoms with Gasteiger partial charge in [0.2, 0.25) is 6.10 Å². The summed E-state index contributed by atoms with van der Waals surface area (Å²) < 4.78 is 13.9. The summed E-state index contributed by atoms with van der Waals surface area (Å²) in [6.07, 6.45) is 1.42. The Morgan fingerprint density at radius 2 is 1.79 bits per heavy atom. The quantitative estimate of drug-likeness (QED) is 0.687. The van der Waals surface area contributed by atoms with Gasteiger partial charge in [0.25, 0.3) is 5.91 Å². The molecule has 6 nitrogen and oxygen atoms in total. The van der Waals surface area contributed by atoms with Crippen molar-refractivity contribution in [3.05, 3.63) is 54.4 Å². The maximum Gasteiger partial charge on any atom is 0.267 e. The molecule has 1 atom stereocenters. The van der Waals surface area contributed by atoms with Crippen LogP contribution in [-0.4, -0.2) is 46.2 Å². The van der Waals surface area contributed by atoms with Gasteiger partial charge in [-0.2, -0.15) is 0 Å². The minimum Gasteiger partial charge on any atom is -0.485 e. The van der Waals surface area contributed by atoms with Crippen molar-refractivity contribution in [3.8, 4) is 11.5 Å². The standard InChI is InChI=1S/C23H25N3O3/c1-16-24-18-6-2-3-7-19(18)26(16)14-17-10-12-25(13-11-17)23(27)22-15-28-20-8-4-5-9-21(20)29-22/h2-9,17,22H,10-15H2,1H3.